The standard InChI is InChI=1S/C10H10F3NO2.ClH/c11-10(12,13)7-3-1-2-6(4-7)5-8(14)9(15)16;/h1-4,8H,5,14H2,(H,15,16);1H. The molecular formula is C10H11ClF3NO2. The van der Waals surface area contributed by atoms with Crippen molar-refractivity contribution in [2.45, 2.75) is 18.6 Å². The van der Waals surface area contributed by atoms with Crippen LogP contribution in [-0.4, -0.2) is 17.1 Å². The van der Waals surface area contributed by atoms with Gasteiger partial charge in [-0.15, -0.1) is 12.4 Å². The molecule has 17 heavy (non-hydrogen) atoms. The molecule has 3 N–H and O–H groups in total. The zero-order valence-corrected chi connectivity index (χ0v) is 9.39. The molecule has 1 aromatic rings. The van der Waals surface area contributed by atoms with Gasteiger partial charge in [0.25, 0.3) is 0 Å². The Morgan fingerprint density at radius 1 is 1.41 bits per heavy atom. The summed E-state index contributed by atoms with van der Waals surface area (Å²) < 4.78 is 36.9. The van der Waals surface area contributed by atoms with Gasteiger partial charge in [-0.25, -0.2) is 0 Å². The lowest BCUT2D eigenvalue weighted by Crippen LogP contribution is -2.32. The average Bonchev–Trinajstić information content (AvgIpc) is 2.16. The van der Waals surface area contributed by atoms with Crippen LogP contribution < -0.4 is 5.73 Å². The van der Waals surface area contributed by atoms with Gasteiger partial charge in [0.15, 0.2) is 0 Å². The second-order valence-corrected chi connectivity index (χ2v) is 3.35. The Hall–Kier alpha value is -1.27. The first-order valence-electron chi connectivity index (χ1n) is 4.45. The van der Waals surface area contributed by atoms with Crippen LogP contribution in [0.5, 0.6) is 0 Å². The van der Waals surface area contributed by atoms with Crippen LogP contribution in [-0.2, 0) is 17.4 Å². The van der Waals surface area contributed by atoms with Crippen molar-refractivity contribution in [3.8, 4) is 0 Å². The minimum Gasteiger partial charge on any atom is -0.480 e. The lowest BCUT2D eigenvalue weighted by molar-refractivity contribution is -0.138. The molecule has 96 valence electrons. The van der Waals surface area contributed by atoms with Crippen molar-refractivity contribution in [1.82, 2.24) is 0 Å². The number of benzene rings is 1. The zero-order chi connectivity index (χ0) is 12.3. The molecule has 0 saturated heterocycles. The molecule has 3 nitrogen and oxygen atoms in total. The number of carboxylic acid groups (broad SMARTS) is 1. The van der Waals surface area contributed by atoms with Gasteiger partial charge in [0.05, 0.1) is 5.56 Å². The monoisotopic (exact) mass is 269 g/mol. The Morgan fingerprint density at radius 3 is 2.47 bits per heavy atom. The Labute approximate surface area is 102 Å². The molecular weight excluding hydrogens is 259 g/mol. The second kappa shape index (κ2) is 5.88. The van der Waals surface area contributed by atoms with E-state index in [-0.39, 0.29) is 24.4 Å². The third-order valence-corrected chi connectivity index (χ3v) is 2.03. The molecule has 1 unspecified atom stereocenters. The van der Waals surface area contributed by atoms with Crippen LogP contribution in [0.4, 0.5) is 13.2 Å². The van der Waals surface area contributed by atoms with E-state index in [1.165, 1.54) is 12.1 Å². The number of alkyl halides is 3. The SMILES string of the molecule is Cl.NC(Cc1cccc(C(F)(F)F)c1)C(=O)O. The minimum absolute atomic E-state index is 0. The van der Waals surface area contributed by atoms with Crippen LogP contribution >= 0.6 is 12.4 Å². The quantitative estimate of drug-likeness (QED) is 0.883. The smallest absolute Gasteiger partial charge is 0.416 e. The molecule has 0 aliphatic carbocycles. The molecule has 0 heterocycles. The molecule has 0 amide bonds. The summed E-state index contributed by atoms with van der Waals surface area (Å²) in [5, 5.41) is 8.53. The van der Waals surface area contributed by atoms with Gasteiger partial charge >= 0.3 is 12.1 Å². The number of nitrogens with two attached hydrogens (primary N) is 1. The van der Waals surface area contributed by atoms with E-state index in [0.29, 0.717) is 0 Å². The highest BCUT2D eigenvalue weighted by Gasteiger charge is 2.30. The maximum absolute atomic E-state index is 12.3. The van der Waals surface area contributed by atoms with Gasteiger partial charge in [-0.1, -0.05) is 18.2 Å². The highest BCUT2D eigenvalue weighted by molar-refractivity contribution is 5.85. The molecule has 1 atom stereocenters. The van der Waals surface area contributed by atoms with Crippen molar-refractivity contribution < 1.29 is 23.1 Å². The van der Waals surface area contributed by atoms with Crippen molar-refractivity contribution >= 4 is 18.4 Å². The Morgan fingerprint density at radius 2 is 2.00 bits per heavy atom. The minimum atomic E-state index is -4.43. The topological polar surface area (TPSA) is 63.3 Å². The summed E-state index contributed by atoms with van der Waals surface area (Å²) in [6.45, 7) is 0. The third-order valence-electron chi connectivity index (χ3n) is 2.03. The maximum atomic E-state index is 12.3. The second-order valence-electron chi connectivity index (χ2n) is 3.35. The fourth-order valence-electron chi connectivity index (χ4n) is 1.22. The van der Waals surface area contributed by atoms with Crippen LogP contribution in [0.2, 0.25) is 0 Å². The molecule has 0 radical (unpaired) electrons. The van der Waals surface area contributed by atoms with E-state index >= 15 is 0 Å². The van der Waals surface area contributed by atoms with Gasteiger partial charge in [0.1, 0.15) is 6.04 Å². The summed E-state index contributed by atoms with van der Waals surface area (Å²) >= 11 is 0. The van der Waals surface area contributed by atoms with Crippen LogP contribution in [0.15, 0.2) is 24.3 Å². The molecule has 0 aromatic heterocycles. The van der Waals surface area contributed by atoms with E-state index in [9.17, 15) is 18.0 Å². The summed E-state index contributed by atoms with van der Waals surface area (Å²) in [5.41, 5.74) is 4.68. The first-order chi connectivity index (χ1) is 7.30. The van der Waals surface area contributed by atoms with Crippen LogP contribution in [0.25, 0.3) is 0 Å². The van der Waals surface area contributed by atoms with Crippen LogP contribution in [0.3, 0.4) is 0 Å². The Kier molecular flexibility index (Phi) is 5.44. The predicted octanol–water partition coefficient (Wildman–Crippen LogP) is 2.08. The van der Waals surface area contributed by atoms with E-state index in [1.807, 2.05) is 0 Å². The first kappa shape index (κ1) is 15.7. The predicted molar refractivity (Wildman–Crippen MR) is 58.0 cm³/mol. The van der Waals surface area contributed by atoms with E-state index in [1.54, 1.807) is 0 Å². The maximum Gasteiger partial charge on any atom is 0.416 e. The molecule has 1 aromatic carbocycles. The summed E-state index contributed by atoms with van der Waals surface area (Å²) in [6, 6.07) is 3.28. The molecule has 0 aliphatic heterocycles. The molecule has 0 saturated carbocycles. The van der Waals surface area contributed by atoms with Gasteiger partial charge < -0.3 is 10.8 Å². The molecule has 0 aliphatic rings. The summed E-state index contributed by atoms with van der Waals surface area (Å²) in [4.78, 5) is 10.4. The lowest BCUT2D eigenvalue weighted by Gasteiger charge is -2.10. The van der Waals surface area contributed by atoms with E-state index in [4.69, 9.17) is 10.8 Å². The average molecular weight is 270 g/mol. The van der Waals surface area contributed by atoms with Gasteiger partial charge in [-0.05, 0) is 18.1 Å². The first-order valence-corrected chi connectivity index (χ1v) is 4.45. The number of aliphatic carboxylic acids is 1. The van der Waals surface area contributed by atoms with E-state index in [2.05, 4.69) is 0 Å². The number of carbonyl (C=O) groups is 1. The number of rotatable bonds is 3. The Balaban J connectivity index is 0.00000256. The van der Waals surface area contributed by atoms with Crippen molar-refractivity contribution in [3.63, 3.8) is 0 Å². The molecule has 0 bridgehead atoms. The number of hydrogen-bond donors (Lipinski definition) is 2. The van der Waals surface area contributed by atoms with Crippen molar-refractivity contribution in [2.24, 2.45) is 5.73 Å². The van der Waals surface area contributed by atoms with Crippen molar-refractivity contribution in [3.05, 3.63) is 35.4 Å². The Bertz CT molecular complexity index is 395. The fraction of sp³-hybridized carbons (Fsp3) is 0.300. The van der Waals surface area contributed by atoms with Gasteiger partial charge in [0.2, 0.25) is 0 Å². The van der Waals surface area contributed by atoms with E-state index < -0.39 is 23.8 Å². The van der Waals surface area contributed by atoms with Crippen molar-refractivity contribution in [1.29, 1.82) is 0 Å². The summed E-state index contributed by atoms with van der Waals surface area (Å²) in [7, 11) is 0. The van der Waals surface area contributed by atoms with Gasteiger partial charge in [0, 0.05) is 0 Å². The largest absolute Gasteiger partial charge is 0.480 e. The van der Waals surface area contributed by atoms with E-state index in [0.717, 1.165) is 12.1 Å². The summed E-state index contributed by atoms with van der Waals surface area (Å²) in [6.07, 6.45) is -4.55. The number of hydrogen-bond acceptors (Lipinski definition) is 2. The summed E-state index contributed by atoms with van der Waals surface area (Å²) in [5.74, 6) is -1.24. The van der Waals surface area contributed by atoms with Gasteiger partial charge in [-0.3, -0.25) is 4.79 Å². The fourth-order valence-corrected chi connectivity index (χ4v) is 1.22. The zero-order valence-electron chi connectivity index (χ0n) is 8.57. The molecule has 0 fully saturated rings. The molecule has 1 rings (SSSR count). The number of carboxylic acids is 1. The highest BCUT2D eigenvalue weighted by Crippen LogP contribution is 2.29. The lowest BCUT2D eigenvalue weighted by atomic mass is 10.0. The van der Waals surface area contributed by atoms with Crippen LogP contribution in [0.1, 0.15) is 11.1 Å². The third kappa shape index (κ3) is 4.62. The normalized spacial score (nSPS) is 12.7. The highest BCUT2D eigenvalue weighted by atomic mass is 35.5. The van der Waals surface area contributed by atoms with Gasteiger partial charge in [-0.2, -0.15) is 13.2 Å². The molecule has 7 heteroatoms. The van der Waals surface area contributed by atoms with Crippen molar-refractivity contribution in [2.75, 3.05) is 0 Å². The number of halogens is 4. The van der Waals surface area contributed by atoms with Crippen LogP contribution in [0, 0.1) is 0 Å². The molecule has 0 spiro atoms.